The Morgan fingerprint density at radius 2 is 1.87 bits per heavy atom. The highest BCUT2D eigenvalue weighted by Gasteiger charge is 2.44. The van der Waals surface area contributed by atoms with Crippen LogP contribution >= 0.6 is 23.1 Å². The van der Waals surface area contributed by atoms with Gasteiger partial charge in [0, 0.05) is 4.93 Å². The van der Waals surface area contributed by atoms with E-state index in [1.54, 1.807) is 0 Å². The molecule has 0 N–H and O–H groups in total. The molecule has 0 aliphatic carbocycles. The first-order chi connectivity index (χ1) is 6.68. The van der Waals surface area contributed by atoms with E-state index in [1.165, 1.54) is 0 Å². The first kappa shape index (κ1) is 13.2. The molecule has 0 fully saturated rings. The van der Waals surface area contributed by atoms with Gasteiger partial charge in [0.2, 0.25) is 0 Å². The lowest BCUT2D eigenvalue weighted by Crippen LogP contribution is -2.57. The number of rotatable bonds is 1. The Morgan fingerprint density at radius 3 is 2.33 bits per heavy atom. The number of halogens is 2. The van der Waals surface area contributed by atoms with E-state index in [4.69, 9.17) is 23.1 Å². The molecule has 0 aromatic carbocycles. The van der Waals surface area contributed by atoms with Crippen molar-refractivity contribution in [3.63, 3.8) is 0 Å². The van der Waals surface area contributed by atoms with Crippen molar-refractivity contribution < 1.29 is 0 Å². The summed E-state index contributed by atoms with van der Waals surface area (Å²) in [5.41, 5.74) is 0. The van der Waals surface area contributed by atoms with Crippen molar-refractivity contribution in [2.45, 2.75) is 38.9 Å². The molecule has 0 amide bonds. The molecule has 0 unspecified atom stereocenters. The fraction of sp³-hybridized carbons (Fsp3) is 0.600. The minimum atomic E-state index is -1.62. The Labute approximate surface area is 104 Å². The summed E-state index contributed by atoms with van der Waals surface area (Å²) in [5, 5.41) is 0.263. The summed E-state index contributed by atoms with van der Waals surface area (Å²) in [6, 6.07) is 0. The molecule has 5 heteroatoms. The molecule has 1 nitrogen and oxygen atoms in total. The quantitative estimate of drug-likeness (QED) is 0.640. The van der Waals surface area contributed by atoms with Crippen LogP contribution in [0.15, 0.2) is 23.3 Å². The normalized spacial score (nSPS) is 18.2. The molecule has 1 heterocycles. The van der Waals surface area contributed by atoms with Crippen LogP contribution in [0.1, 0.15) is 20.8 Å². The Bertz CT molecular complexity index is 307. The Morgan fingerprint density at radius 1 is 1.33 bits per heavy atom. The maximum Gasteiger partial charge on any atom is 0.398 e. The summed E-state index contributed by atoms with van der Waals surface area (Å²) < 4.78 is 2.25. The molecule has 0 spiro atoms. The molecule has 15 heavy (non-hydrogen) atoms. The molecule has 0 bridgehead atoms. The predicted octanol–water partition coefficient (Wildman–Crippen LogP) is 4.21. The summed E-state index contributed by atoms with van der Waals surface area (Å²) in [6.07, 6.45) is 5.71. The Hall–Kier alpha value is 0.142. The van der Waals surface area contributed by atoms with Gasteiger partial charge in [-0.3, -0.25) is 0 Å². The van der Waals surface area contributed by atoms with Crippen molar-refractivity contribution in [1.29, 1.82) is 0 Å². The zero-order chi connectivity index (χ0) is 11.9. The summed E-state index contributed by atoms with van der Waals surface area (Å²) in [5.74, 6) is 0. The monoisotopic (exact) mass is 261 g/mol. The van der Waals surface area contributed by atoms with E-state index in [2.05, 4.69) is 44.5 Å². The maximum absolute atomic E-state index is 6.33. The van der Waals surface area contributed by atoms with Crippen LogP contribution in [0.25, 0.3) is 0 Å². The van der Waals surface area contributed by atoms with Crippen LogP contribution in [-0.4, -0.2) is 19.0 Å². The van der Waals surface area contributed by atoms with Crippen molar-refractivity contribution in [2.75, 3.05) is 0 Å². The summed E-state index contributed by atoms with van der Waals surface area (Å²) in [4.78, 5) is 0.712. The number of hydrogen-bond donors (Lipinski definition) is 0. The predicted molar refractivity (Wildman–Crippen MR) is 73.7 cm³/mol. The van der Waals surface area contributed by atoms with E-state index in [-0.39, 0.29) is 11.3 Å². The fourth-order valence-corrected chi connectivity index (χ4v) is 4.44. The lowest BCUT2D eigenvalue weighted by molar-refractivity contribution is 0.655. The highest BCUT2D eigenvalue weighted by atomic mass is 35.5. The van der Waals surface area contributed by atoms with Gasteiger partial charge in [-0.25, -0.2) is 0 Å². The smallest absolute Gasteiger partial charge is 0.398 e. The molecule has 1 rings (SSSR count). The molecular weight excluding hydrogens is 244 g/mol. The molecular formula is C10H18BCl2NSi. The summed E-state index contributed by atoms with van der Waals surface area (Å²) in [6.45, 7) is 11.4. The molecule has 84 valence electrons. The maximum atomic E-state index is 6.33. The molecule has 0 atom stereocenters. The number of allylic oxidation sites excluding steroid dienone is 2. The molecule has 1 aliphatic heterocycles. The topological polar surface area (TPSA) is 3.24 Å². The van der Waals surface area contributed by atoms with Gasteiger partial charge in [-0.1, -0.05) is 51.5 Å². The van der Waals surface area contributed by atoms with Crippen molar-refractivity contribution in [3.8, 4) is 0 Å². The zero-order valence-corrected chi connectivity index (χ0v) is 12.5. The molecule has 0 radical (unpaired) electrons. The van der Waals surface area contributed by atoms with Gasteiger partial charge in [0.05, 0.1) is 0 Å². The first-order valence-electron chi connectivity index (χ1n) is 5.14. The van der Waals surface area contributed by atoms with Crippen molar-refractivity contribution in [2.24, 2.45) is 0 Å². The highest BCUT2D eigenvalue weighted by Crippen LogP contribution is 2.41. The van der Waals surface area contributed by atoms with Crippen LogP contribution in [0.4, 0.5) is 0 Å². The average molecular weight is 262 g/mol. The average Bonchev–Trinajstić information content (AvgIpc) is 2.07. The van der Waals surface area contributed by atoms with Gasteiger partial charge < -0.3 is 4.48 Å². The largest absolute Gasteiger partial charge is 0.430 e. The summed E-state index contributed by atoms with van der Waals surface area (Å²) in [7, 11) is -1.62. The third-order valence-corrected chi connectivity index (χ3v) is 9.88. The second-order valence-corrected chi connectivity index (χ2v) is 11.4. The van der Waals surface area contributed by atoms with Crippen LogP contribution in [0.5, 0.6) is 0 Å². The second-order valence-electron chi connectivity index (χ2n) is 5.45. The van der Waals surface area contributed by atoms with Gasteiger partial charge in [-0.15, -0.1) is 0 Å². The molecule has 0 aromatic heterocycles. The van der Waals surface area contributed by atoms with E-state index in [0.29, 0.717) is 4.93 Å². The third kappa shape index (κ3) is 2.45. The molecule has 1 aliphatic rings. The van der Waals surface area contributed by atoms with E-state index in [1.807, 2.05) is 12.2 Å². The lowest BCUT2D eigenvalue weighted by atomic mass is 9.89. The van der Waals surface area contributed by atoms with Crippen molar-refractivity contribution >= 4 is 37.6 Å². The minimum absolute atomic E-state index is 0.197. The molecule has 0 saturated carbocycles. The lowest BCUT2D eigenvalue weighted by Gasteiger charge is -2.47. The van der Waals surface area contributed by atoms with Crippen LogP contribution in [0.2, 0.25) is 18.1 Å². The minimum Gasteiger partial charge on any atom is -0.430 e. The third-order valence-electron chi connectivity index (χ3n) is 3.45. The standard InChI is InChI=1S/C10H18BCl2NSi/c1-10(2,3)15(4,5)14-8-6-7-9(12)11(14)13/h6-8H,1-5H3. The van der Waals surface area contributed by atoms with Gasteiger partial charge in [-0.05, 0) is 17.3 Å². The number of nitrogens with zero attached hydrogens (tertiary/aromatic N) is 1. The number of hydrogen-bond acceptors (Lipinski definition) is 1. The van der Waals surface area contributed by atoms with E-state index < -0.39 is 8.24 Å². The van der Waals surface area contributed by atoms with E-state index in [9.17, 15) is 0 Å². The van der Waals surface area contributed by atoms with Crippen LogP contribution in [0, 0.1) is 0 Å². The molecule has 0 aromatic rings. The Balaban J connectivity index is 3.00. The van der Waals surface area contributed by atoms with E-state index in [0.717, 1.165) is 0 Å². The Kier molecular flexibility index (Phi) is 3.69. The van der Waals surface area contributed by atoms with Gasteiger partial charge in [0.1, 0.15) is 8.24 Å². The van der Waals surface area contributed by atoms with Gasteiger partial charge in [0.15, 0.2) is 0 Å². The van der Waals surface area contributed by atoms with E-state index >= 15 is 0 Å². The molecule has 0 saturated heterocycles. The van der Waals surface area contributed by atoms with Crippen molar-refractivity contribution in [1.82, 2.24) is 4.48 Å². The highest BCUT2D eigenvalue weighted by molar-refractivity contribution is 7.17. The van der Waals surface area contributed by atoms with Gasteiger partial charge in [-0.2, -0.15) is 11.5 Å². The van der Waals surface area contributed by atoms with Crippen molar-refractivity contribution in [3.05, 3.63) is 23.3 Å². The van der Waals surface area contributed by atoms with Gasteiger partial charge >= 0.3 is 6.26 Å². The second kappa shape index (κ2) is 4.19. The zero-order valence-electron chi connectivity index (χ0n) is 10.0. The van der Waals surface area contributed by atoms with Crippen LogP contribution in [-0.2, 0) is 0 Å². The summed E-state index contributed by atoms with van der Waals surface area (Å²) >= 11 is 12.4. The van der Waals surface area contributed by atoms with Crippen LogP contribution in [0.3, 0.4) is 0 Å². The fourth-order valence-electron chi connectivity index (χ4n) is 1.37. The SMILES string of the molecule is CC(C)(C)[Si](C)(C)N1C=CC=C(Cl)B1Cl. The van der Waals surface area contributed by atoms with Crippen LogP contribution < -0.4 is 0 Å². The van der Waals surface area contributed by atoms with Gasteiger partial charge in [0.25, 0.3) is 0 Å². The first-order valence-corrected chi connectivity index (χ1v) is 8.90.